The molecule has 0 spiro atoms. The van der Waals surface area contributed by atoms with Crippen molar-refractivity contribution in [3.8, 4) is 0 Å². The van der Waals surface area contributed by atoms with Crippen LogP contribution in [0.25, 0.3) is 10.9 Å². The van der Waals surface area contributed by atoms with Gasteiger partial charge in [-0.1, -0.05) is 23.2 Å². The van der Waals surface area contributed by atoms with E-state index in [0.29, 0.717) is 15.9 Å². The van der Waals surface area contributed by atoms with E-state index in [2.05, 4.69) is 4.98 Å². The molecule has 1 heterocycles. The van der Waals surface area contributed by atoms with Crippen molar-refractivity contribution in [3.63, 3.8) is 0 Å². The topological polar surface area (TPSA) is 33.1 Å². The van der Waals surface area contributed by atoms with E-state index in [0.717, 1.165) is 6.20 Å². The van der Waals surface area contributed by atoms with Gasteiger partial charge in [-0.25, -0.2) is 8.78 Å². The Hall–Kier alpha value is -0.970. The lowest BCUT2D eigenvalue weighted by Gasteiger charge is -2.12. The summed E-state index contributed by atoms with van der Waals surface area (Å²) in [4.78, 5) is 3.95. The Morgan fingerprint density at radius 2 is 1.94 bits per heavy atom. The number of aliphatic hydroxyl groups is 1. The largest absolute Gasteiger partial charge is 0.382 e. The Morgan fingerprint density at radius 3 is 2.59 bits per heavy atom. The fraction of sp³-hybridized carbons (Fsp3) is 0.182. The van der Waals surface area contributed by atoms with Crippen LogP contribution in [0, 0.1) is 0 Å². The third-order valence-electron chi connectivity index (χ3n) is 2.35. The molecule has 2 nitrogen and oxygen atoms in total. The zero-order chi connectivity index (χ0) is 12.6. The number of rotatable bonds is 2. The van der Waals surface area contributed by atoms with E-state index in [-0.39, 0.29) is 10.6 Å². The summed E-state index contributed by atoms with van der Waals surface area (Å²) in [7, 11) is 0. The molecule has 0 aliphatic rings. The van der Waals surface area contributed by atoms with Crippen LogP contribution in [0.4, 0.5) is 8.78 Å². The van der Waals surface area contributed by atoms with E-state index >= 15 is 0 Å². The van der Waals surface area contributed by atoms with Gasteiger partial charge in [0, 0.05) is 22.2 Å². The van der Waals surface area contributed by atoms with Crippen molar-refractivity contribution in [1.29, 1.82) is 0 Å². The molecule has 1 aromatic carbocycles. The van der Waals surface area contributed by atoms with Crippen molar-refractivity contribution in [2.24, 2.45) is 0 Å². The number of aromatic nitrogens is 1. The van der Waals surface area contributed by atoms with Crippen LogP contribution < -0.4 is 0 Å². The number of alkyl halides is 2. The predicted molar refractivity (Wildman–Crippen MR) is 62.7 cm³/mol. The highest BCUT2D eigenvalue weighted by Crippen LogP contribution is 2.33. The van der Waals surface area contributed by atoms with Crippen molar-refractivity contribution in [3.05, 3.63) is 40.0 Å². The number of benzene rings is 1. The molecule has 1 unspecified atom stereocenters. The van der Waals surface area contributed by atoms with Crippen LogP contribution in [0.2, 0.25) is 10.0 Å². The summed E-state index contributed by atoms with van der Waals surface area (Å²) in [6.07, 6.45) is -3.71. The van der Waals surface area contributed by atoms with Crippen LogP contribution in [0.15, 0.2) is 24.4 Å². The van der Waals surface area contributed by atoms with E-state index in [1.54, 1.807) is 12.1 Å². The molecule has 0 saturated heterocycles. The van der Waals surface area contributed by atoms with Crippen LogP contribution >= 0.6 is 23.2 Å². The monoisotopic (exact) mass is 277 g/mol. The Bertz CT molecular complexity index is 562. The van der Waals surface area contributed by atoms with Gasteiger partial charge in [-0.3, -0.25) is 4.98 Å². The number of hydrogen-bond donors (Lipinski definition) is 1. The molecule has 17 heavy (non-hydrogen) atoms. The summed E-state index contributed by atoms with van der Waals surface area (Å²) < 4.78 is 24.8. The van der Waals surface area contributed by atoms with Gasteiger partial charge in [0.2, 0.25) is 0 Å². The molecule has 6 heteroatoms. The first-order valence-corrected chi connectivity index (χ1v) is 5.46. The first-order valence-electron chi connectivity index (χ1n) is 4.70. The Kier molecular flexibility index (Phi) is 3.47. The third-order valence-corrected chi connectivity index (χ3v) is 3.01. The van der Waals surface area contributed by atoms with E-state index < -0.39 is 12.5 Å². The minimum absolute atomic E-state index is 0.0466. The molecule has 0 bridgehead atoms. The highest BCUT2D eigenvalue weighted by atomic mass is 35.5. The molecule has 2 aromatic rings. The zero-order valence-corrected chi connectivity index (χ0v) is 9.88. The number of pyridine rings is 1. The second kappa shape index (κ2) is 4.72. The molecule has 1 aromatic heterocycles. The summed E-state index contributed by atoms with van der Waals surface area (Å²) in [6, 6.07) is 4.77. The second-order valence-corrected chi connectivity index (χ2v) is 4.28. The average molecular weight is 278 g/mol. The predicted octanol–water partition coefficient (Wildman–Crippen LogP) is 3.84. The molecule has 90 valence electrons. The normalized spacial score (nSPS) is 13.3. The van der Waals surface area contributed by atoms with Gasteiger partial charge < -0.3 is 5.11 Å². The molecule has 2 rings (SSSR count). The highest BCUT2D eigenvalue weighted by molar-refractivity contribution is 6.37. The van der Waals surface area contributed by atoms with Gasteiger partial charge in [0.25, 0.3) is 6.43 Å². The van der Waals surface area contributed by atoms with Crippen LogP contribution in [-0.4, -0.2) is 16.5 Å². The van der Waals surface area contributed by atoms with Gasteiger partial charge in [-0.15, -0.1) is 0 Å². The minimum Gasteiger partial charge on any atom is -0.382 e. The molecular formula is C11H7Cl2F2NO. The van der Waals surface area contributed by atoms with Gasteiger partial charge in [-0.2, -0.15) is 0 Å². The number of nitrogens with zero attached hydrogens (tertiary/aromatic N) is 1. The summed E-state index contributed by atoms with van der Waals surface area (Å²) in [5, 5.41) is 10.2. The van der Waals surface area contributed by atoms with E-state index in [9.17, 15) is 13.9 Å². The zero-order valence-electron chi connectivity index (χ0n) is 8.37. The van der Waals surface area contributed by atoms with Crippen molar-refractivity contribution < 1.29 is 13.9 Å². The van der Waals surface area contributed by atoms with Crippen molar-refractivity contribution in [2.45, 2.75) is 12.5 Å². The van der Waals surface area contributed by atoms with Gasteiger partial charge in [0.15, 0.2) is 0 Å². The van der Waals surface area contributed by atoms with Crippen molar-refractivity contribution >= 4 is 34.1 Å². The Labute approximate surface area is 106 Å². The van der Waals surface area contributed by atoms with Crippen LogP contribution in [-0.2, 0) is 0 Å². The lowest BCUT2D eigenvalue weighted by molar-refractivity contribution is -0.00582. The lowest BCUT2D eigenvalue weighted by atomic mass is 10.1. The molecule has 0 aliphatic heterocycles. The molecule has 1 N–H and O–H groups in total. The summed E-state index contributed by atoms with van der Waals surface area (Å²) in [6.45, 7) is 0. The number of aliphatic hydroxyl groups excluding tert-OH is 1. The summed E-state index contributed by atoms with van der Waals surface area (Å²) in [5.74, 6) is 0. The number of halogens is 4. The Balaban J connectivity index is 2.64. The minimum atomic E-state index is -2.91. The van der Waals surface area contributed by atoms with Crippen LogP contribution in [0.1, 0.15) is 11.7 Å². The third kappa shape index (κ3) is 2.34. The van der Waals surface area contributed by atoms with Crippen LogP contribution in [0.5, 0.6) is 0 Å². The summed E-state index contributed by atoms with van der Waals surface area (Å²) in [5.41, 5.74) is 0.432. The van der Waals surface area contributed by atoms with E-state index in [1.165, 1.54) is 6.07 Å². The molecule has 0 fully saturated rings. The van der Waals surface area contributed by atoms with E-state index in [4.69, 9.17) is 23.2 Å². The van der Waals surface area contributed by atoms with Crippen molar-refractivity contribution in [1.82, 2.24) is 4.98 Å². The average Bonchev–Trinajstić information content (AvgIpc) is 2.29. The van der Waals surface area contributed by atoms with E-state index in [1.807, 2.05) is 0 Å². The summed E-state index contributed by atoms with van der Waals surface area (Å²) >= 11 is 11.7. The highest BCUT2D eigenvalue weighted by Gasteiger charge is 2.23. The lowest BCUT2D eigenvalue weighted by Crippen LogP contribution is -2.09. The standard InChI is InChI=1S/C11H7Cl2F2NO/c12-5-1-2-8-6(3-5)9(13)7(4-16-8)10(17)11(14)15/h1-4,10-11,17H. The fourth-order valence-corrected chi connectivity index (χ4v) is 1.97. The molecule has 0 aliphatic carbocycles. The fourth-order valence-electron chi connectivity index (χ4n) is 1.49. The van der Waals surface area contributed by atoms with Gasteiger partial charge in [0.05, 0.1) is 10.5 Å². The first kappa shape index (κ1) is 12.5. The smallest absolute Gasteiger partial charge is 0.268 e. The van der Waals surface area contributed by atoms with Gasteiger partial charge in [-0.05, 0) is 18.2 Å². The molecular weight excluding hydrogens is 271 g/mol. The van der Waals surface area contributed by atoms with Gasteiger partial charge >= 0.3 is 0 Å². The maximum absolute atomic E-state index is 12.4. The molecule has 0 radical (unpaired) electrons. The van der Waals surface area contributed by atoms with Crippen LogP contribution in [0.3, 0.4) is 0 Å². The van der Waals surface area contributed by atoms with Crippen molar-refractivity contribution in [2.75, 3.05) is 0 Å². The number of hydrogen-bond acceptors (Lipinski definition) is 2. The second-order valence-electron chi connectivity index (χ2n) is 3.47. The SMILES string of the molecule is OC(c1cnc2ccc(Cl)cc2c1Cl)C(F)F. The Morgan fingerprint density at radius 1 is 1.24 bits per heavy atom. The molecule has 0 amide bonds. The first-order chi connectivity index (χ1) is 8.00. The quantitative estimate of drug-likeness (QED) is 0.905. The molecule has 0 saturated carbocycles. The maximum Gasteiger partial charge on any atom is 0.268 e. The maximum atomic E-state index is 12.4. The molecule has 1 atom stereocenters. The number of fused-ring (bicyclic) bond motifs is 1. The van der Waals surface area contributed by atoms with Gasteiger partial charge in [0.1, 0.15) is 6.10 Å².